The number of rotatable bonds is 2. The Kier molecular flexibility index (Phi) is 3.28. The van der Waals surface area contributed by atoms with Gasteiger partial charge in [-0.2, -0.15) is 0 Å². The maximum absolute atomic E-state index is 12.1. The van der Waals surface area contributed by atoms with Gasteiger partial charge in [-0.15, -0.1) is 13.2 Å². The summed E-state index contributed by atoms with van der Waals surface area (Å²) < 4.78 is 40.0. The van der Waals surface area contributed by atoms with Crippen LogP contribution in [0, 0.1) is 0 Å². The fourth-order valence-corrected chi connectivity index (χ4v) is 2.04. The van der Waals surface area contributed by atoms with Crippen LogP contribution in [-0.2, 0) is 13.0 Å². The minimum absolute atomic E-state index is 0.145. The van der Waals surface area contributed by atoms with E-state index >= 15 is 0 Å². The molecule has 0 bridgehead atoms. The van der Waals surface area contributed by atoms with E-state index in [-0.39, 0.29) is 5.75 Å². The zero-order chi connectivity index (χ0) is 12.5. The number of hydrogen-bond donors (Lipinski definition) is 1. The molecule has 2 nitrogen and oxygen atoms in total. The monoisotopic (exact) mass is 245 g/mol. The van der Waals surface area contributed by atoms with E-state index in [1.54, 1.807) is 6.07 Å². The molecule has 1 aliphatic heterocycles. The molecule has 1 heterocycles. The molecule has 1 unspecified atom stereocenters. The molecule has 1 N–H and O–H groups in total. The zero-order valence-electron chi connectivity index (χ0n) is 9.47. The Balaban J connectivity index is 2.16. The van der Waals surface area contributed by atoms with Gasteiger partial charge in [-0.1, -0.05) is 13.0 Å². The average Bonchev–Trinajstić information content (AvgIpc) is 2.26. The van der Waals surface area contributed by atoms with Gasteiger partial charge in [0.2, 0.25) is 0 Å². The molecule has 0 fully saturated rings. The predicted molar refractivity (Wildman–Crippen MR) is 57.7 cm³/mol. The minimum atomic E-state index is -4.62. The highest BCUT2D eigenvalue weighted by Crippen LogP contribution is 2.27. The molecule has 0 aliphatic carbocycles. The minimum Gasteiger partial charge on any atom is -0.406 e. The second-order valence-electron chi connectivity index (χ2n) is 4.17. The number of halogens is 3. The van der Waals surface area contributed by atoms with E-state index in [1.807, 2.05) is 0 Å². The average molecular weight is 245 g/mol. The summed E-state index contributed by atoms with van der Waals surface area (Å²) in [5.74, 6) is -0.145. The summed E-state index contributed by atoms with van der Waals surface area (Å²) in [5.41, 5.74) is 1.99. The Morgan fingerprint density at radius 1 is 1.35 bits per heavy atom. The first-order valence-corrected chi connectivity index (χ1v) is 5.59. The number of ether oxygens (including phenoxy) is 1. The van der Waals surface area contributed by atoms with Crippen molar-refractivity contribution in [2.75, 3.05) is 0 Å². The quantitative estimate of drug-likeness (QED) is 0.864. The first-order valence-electron chi connectivity index (χ1n) is 5.59. The Morgan fingerprint density at radius 3 is 2.76 bits per heavy atom. The number of benzene rings is 1. The standard InChI is InChI=1S/C12H14F3NO/c1-2-10-5-8-3-4-11(17-12(13,14)15)6-9(8)7-16-10/h3-4,6,10,16H,2,5,7H2,1H3. The van der Waals surface area contributed by atoms with Crippen molar-refractivity contribution >= 4 is 0 Å². The lowest BCUT2D eigenvalue weighted by molar-refractivity contribution is -0.274. The normalized spacial score (nSPS) is 19.9. The summed E-state index contributed by atoms with van der Waals surface area (Å²) in [5, 5.41) is 3.28. The fourth-order valence-electron chi connectivity index (χ4n) is 2.04. The Labute approximate surface area is 97.8 Å². The molecule has 0 amide bonds. The van der Waals surface area contributed by atoms with Gasteiger partial charge >= 0.3 is 6.36 Å². The van der Waals surface area contributed by atoms with E-state index in [1.165, 1.54) is 12.1 Å². The molecule has 2 rings (SSSR count). The summed E-state index contributed by atoms with van der Waals surface area (Å²) in [6.07, 6.45) is -2.75. The summed E-state index contributed by atoms with van der Waals surface area (Å²) in [4.78, 5) is 0. The van der Waals surface area contributed by atoms with Crippen LogP contribution < -0.4 is 10.1 Å². The van der Waals surface area contributed by atoms with Crippen LogP contribution >= 0.6 is 0 Å². The van der Waals surface area contributed by atoms with Crippen molar-refractivity contribution in [3.63, 3.8) is 0 Å². The van der Waals surface area contributed by atoms with Crippen molar-refractivity contribution in [3.8, 4) is 5.75 Å². The largest absolute Gasteiger partial charge is 0.573 e. The lowest BCUT2D eigenvalue weighted by Crippen LogP contribution is -2.34. The van der Waals surface area contributed by atoms with Gasteiger partial charge < -0.3 is 10.1 Å². The molecule has 0 saturated heterocycles. The van der Waals surface area contributed by atoms with Crippen LogP contribution in [0.2, 0.25) is 0 Å². The number of fused-ring (bicyclic) bond motifs is 1. The third kappa shape index (κ3) is 3.12. The van der Waals surface area contributed by atoms with Crippen LogP contribution in [0.1, 0.15) is 24.5 Å². The van der Waals surface area contributed by atoms with Crippen molar-refractivity contribution in [1.82, 2.24) is 5.32 Å². The molecule has 1 atom stereocenters. The van der Waals surface area contributed by atoms with E-state index < -0.39 is 6.36 Å². The molecule has 17 heavy (non-hydrogen) atoms. The molecule has 0 aromatic heterocycles. The van der Waals surface area contributed by atoms with Crippen LogP contribution in [0.25, 0.3) is 0 Å². The molecule has 5 heteroatoms. The van der Waals surface area contributed by atoms with Gasteiger partial charge in [0, 0.05) is 12.6 Å². The first-order chi connectivity index (χ1) is 7.98. The van der Waals surface area contributed by atoms with E-state index in [9.17, 15) is 13.2 Å². The third-order valence-corrected chi connectivity index (χ3v) is 2.95. The van der Waals surface area contributed by atoms with Crippen LogP contribution in [0.15, 0.2) is 18.2 Å². The van der Waals surface area contributed by atoms with Gasteiger partial charge in [0.05, 0.1) is 0 Å². The highest BCUT2D eigenvalue weighted by Gasteiger charge is 2.31. The van der Waals surface area contributed by atoms with Crippen LogP contribution in [0.5, 0.6) is 5.75 Å². The summed E-state index contributed by atoms with van der Waals surface area (Å²) >= 11 is 0. The molecule has 0 saturated carbocycles. The number of alkyl halides is 3. The maximum Gasteiger partial charge on any atom is 0.573 e. The van der Waals surface area contributed by atoms with Crippen molar-refractivity contribution in [1.29, 1.82) is 0 Å². The van der Waals surface area contributed by atoms with E-state index in [2.05, 4.69) is 17.0 Å². The van der Waals surface area contributed by atoms with E-state index in [0.717, 1.165) is 24.0 Å². The molecule has 0 spiro atoms. The van der Waals surface area contributed by atoms with E-state index in [4.69, 9.17) is 0 Å². The van der Waals surface area contributed by atoms with Gasteiger partial charge in [-0.3, -0.25) is 0 Å². The van der Waals surface area contributed by atoms with Gasteiger partial charge in [0.25, 0.3) is 0 Å². The fraction of sp³-hybridized carbons (Fsp3) is 0.500. The Morgan fingerprint density at radius 2 is 2.12 bits per heavy atom. The topological polar surface area (TPSA) is 21.3 Å². The molecule has 1 aromatic rings. The number of nitrogens with one attached hydrogen (secondary N) is 1. The maximum atomic E-state index is 12.1. The predicted octanol–water partition coefficient (Wildman–Crippen LogP) is 3.01. The second kappa shape index (κ2) is 4.56. The summed E-state index contributed by atoms with van der Waals surface area (Å²) in [7, 11) is 0. The summed E-state index contributed by atoms with van der Waals surface area (Å²) in [6.45, 7) is 2.69. The molecule has 1 aliphatic rings. The molecule has 1 aromatic carbocycles. The molecule has 0 radical (unpaired) electrons. The molecular weight excluding hydrogens is 231 g/mol. The van der Waals surface area contributed by atoms with Gasteiger partial charge in [0.1, 0.15) is 5.75 Å². The lowest BCUT2D eigenvalue weighted by Gasteiger charge is -2.25. The summed E-state index contributed by atoms with van der Waals surface area (Å²) in [6, 6.07) is 4.98. The van der Waals surface area contributed by atoms with Crippen molar-refractivity contribution < 1.29 is 17.9 Å². The van der Waals surface area contributed by atoms with Crippen LogP contribution in [0.4, 0.5) is 13.2 Å². The van der Waals surface area contributed by atoms with E-state index in [0.29, 0.717) is 12.6 Å². The van der Waals surface area contributed by atoms with Gasteiger partial charge in [-0.25, -0.2) is 0 Å². The number of hydrogen-bond acceptors (Lipinski definition) is 2. The van der Waals surface area contributed by atoms with Crippen molar-refractivity contribution in [2.24, 2.45) is 0 Å². The first kappa shape index (κ1) is 12.2. The smallest absolute Gasteiger partial charge is 0.406 e. The lowest BCUT2D eigenvalue weighted by atomic mass is 9.94. The Hall–Kier alpha value is -1.23. The third-order valence-electron chi connectivity index (χ3n) is 2.95. The molecular formula is C12H14F3NO. The zero-order valence-corrected chi connectivity index (χ0v) is 9.47. The molecule has 94 valence electrons. The van der Waals surface area contributed by atoms with Gasteiger partial charge in [0.15, 0.2) is 0 Å². The Bertz CT molecular complexity index is 403. The highest BCUT2D eigenvalue weighted by atomic mass is 19.4. The van der Waals surface area contributed by atoms with Gasteiger partial charge in [-0.05, 0) is 36.1 Å². The highest BCUT2D eigenvalue weighted by molar-refractivity contribution is 5.37. The van der Waals surface area contributed by atoms with Crippen LogP contribution in [-0.4, -0.2) is 12.4 Å². The van der Waals surface area contributed by atoms with Crippen LogP contribution in [0.3, 0.4) is 0 Å². The second-order valence-corrected chi connectivity index (χ2v) is 4.17. The van der Waals surface area contributed by atoms with Crippen molar-refractivity contribution in [2.45, 2.75) is 38.7 Å². The SMILES string of the molecule is CCC1Cc2ccc(OC(F)(F)F)cc2CN1. The van der Waals surface area contributed by atoms with Crippen molar-refractivity contribution in [3.05, 3.63) is 29.3 Å².